The van der Waals surface area contributed by atoms with Crippen LogP contribution in [-0.2, 0) is 14.3 Å². The molecule has 1 unspecified atom stereocenters. The fraction of sp³-hybridized carbons (Fsp3) is 0.938. The highest BCUT2D eigenvalue weighted by atomic mass is 16.5. The van der Waals surface area contributed by atoms with Gasteiger partial charge in [-0.3, -0.25) is 4.79 Å². The maximum absolute atomic E-state index is 11.9. The molecule has 20 heavy (non-hydrogen) atoms. The Balaban J connectivity index is 3.88. The van der Waals surface area contributed by atoms with Crippen molar-refractivity contribution in [1.29, 1.82) is 0 Å². The first-order valence-corrected chi connectivity index (χ1v) is 7.87. The van der Waals surface area contributed by atoms with Gasteiger partial charge in [-0.25, -0.2) is 0 Å². The van der Waals surface area contributed by atoms with Crippen LogP contribution in [0.15, 0.2) is 0 Å². The van der Waals surface area contributed by atoms with Crippen LogP contribution in [0.25, 0.3) is 0 Å². The zero-order chi connectivity index (χ0) is 15.4. The fourth-order valence-corrected chi connectivity index (χ4v) is 1.99. The molecule has 0 aliphatic heterocycles. The normalized spacial score (nSPS) is 14.3. The second kappa shape index (κ2) is 11.1. The Morgan fingerprint density at radius 3 is 2.50 bits per heavy atom. The number of rotatable bonds is 12. The molecule has 0 saturated carbocycles. The van der Waals surface area contributed by atoms with Crippen molar-refractivity contribution in [2.45, 2.75) is 65.3 Å². The van der Waals surface area contributed by atoms with Crippen molar-refractivity contribution in [3.8, 4) is 0 Å². The SMILES string of the molecule is CCCNC(C)(CCCCOCCC(C)C)C(=O)OC. The van der Waals surface area contributed by atoms with E-state index in [1.54, 1.807) is 0 Å². The van der Waals surface area contributed by atoms with E-state index in [2.05, 4.69) is 26.1 Å². The molecule has 0 fully saturated rings. The second-order valence-corrected chi connectivity index (χ2v) is 6.00. The van der Waals surface area contributed by atoms with Crippen molar-refractivity contribution >= 4 is 5.97 Å². The van der Waals surface area contributed by atoms with E-state index in [9.17, 15) is 4.79 Å². The summed E-state index contributed by atoms with van der Waals surface area (Å²) in [5, 5.41) is 3.30. The molecule has 4 nitrogen and oxygen atoms in total. The molecule has 0 saturated heterocycles. The molecule has 1 N–H and O–H groups in total. The Morgan fingerprint density at radius 1 is 1.25 bits per heavy atom. The van der Waals surface area contributed by atoms with Gasteiger partial charge in [0, 0.05) is 13.2 Å². The van der Waals surface area contributed by atoms with Gasteiger partial charge in [0.15, 0.2) is 0 Å². The first-order chi connectivity index (χ1) is 9.46. The maximum atomic E-state index is 11.9. The van der Waals surface area contributed by atoms with E-state index >= 15 is 0 Å². The monoisotopic (exact) mass is 287 g/mol. The molecule has 0 aromatic carbocycles. The summed E-state index contributed by atoms with van der Waals surface area (Å²) in [6, 6.07) is 0. The number of unbranched alkanes of at least 4 members (excludes halogenated alkanes) is 1. The average molecular weight is 287 g/mol. The van der Waals surface area contributed by atoms with E-state index in [4.69, 9.17) is 9.47 Å². The minimum absolute atomic E-state index is 0.174. The Morgan fingerprint density at radius 2 is 1.95 bits per heavy atom. The summed E-state index contributed by atoms with van der Waals surface area (Å²) in [6.07, 6.45) is 4.85. The minimum Gasteiger partial charge on any atom is -0.468 e. The largest absolute Gasteiger partial charge is 0.468 e. The minimum atomic E-state index is -0.567. The summed E-state index contributed by atoms with van der Waals surface area (Å²) in [6.45, 7) is 10.9. The van der Waals surface area contributed by atoms with Crippen molar-refractivity contribution in [2.75, 3.05) is 26.9 Å². The Bertz CT molecular complexity index is 256. The molecule has 120 valence electrons. The molecule has 1 atom stereocenters. The van der Waals surface area contributed by atoms with Crippen LogP contribution in [0.1, 0.15) is 59.8 Å². The van der Waals surface area contributed by atoms with Crippen LogP contribution in [0.4, 0.5) is 0 Å². The third kappa shape index (κ3) is 8.54. The third-order valence-electron chi connectivity index (χ3n) is 3.46. The molecule has 0 aliphatic rings. The van der Waals surface area contributed by atoms with Crippen molar-refractivity contribution in [3.05, 3.63) is 0 Å². The summed E-state index contributed by atoms with van der Waals surface area (Å²) in [4.78, 5) is 11.9. The van der Waals surface area contributed by atoms with Gasteiger partial charge in [-0.2, -0.15) is 0 Å². The number of carbonyl (C=O) groups is 1. The van der Waals surface area contributed by atoms with Crippen LogP contribution in [0.3, 0.4) is 0 Å². The lowest BCUT2D eigenvalue weighted by molar-refractivity contribution is -0.148. The van der Waals surface area contributed by atoms with E-state index in [0.717, 1.165) is 51.9 Å². The molecular weight excluding hydrogens is 254 g/mol. The van der Waals surface area contributed by atoms with E-state index in [0.29, 0.717) is 5.92 Å². The number of esters is 1. The summed E-state index contributed by atoms with van der Waals surface area (Å²) in [5.74, 6) is 0.516. The van der Waals surface area contributed by atoms with Crippen molar-refractivity contribution in [3.63, 3.8) is 0 Å². The fourth-order valence-electron chi connectivity index (χ4n) is 1.99. The van der Waals surface area contributed by atoms with Crippen LogP contribution in [0, 0.1) is 5.92 Å². The molecule has 0 rings (SSSR count). The first-order valence-electron chi connectivity index (χ1n) is 7.87. The van der Waals surface area contributed by atoms with Crippen LogP contribution in [0.2, 0.25) is 0 Å². The lowest BCUT2D eigenvalue weighted by atomic mass is 9.94. The van der Waals surface area contributed by atoms with Crippen molar-refractivity contribution in [1.82, 2.24) is 5.32 Å². The standard InChI is InChI=1S/C16H33NO3/c1-6-11-17-16(4,15(18)19-5)10-7-8-12-20-13-9-14(2)3/h14,17H,6-13H2,1-5H3. The molecule has 0 heterocycles. The summed E-state index contributed by atoms with van der Waals surface area (Å²) < 4.78 is 10.5. The zero-order valence-electron chi connectivity index (χ0n) is 14.0. The Hall–Kier alpha value is -0.610. The molecule has 0 aliphatic carbocycles. The molecule has 0 amide bonds. The molecule has 0 aromatic rings. The van der Waals surface area contributed by atoms with Crippen LogP contribution >= 0.6 is 0 Å². The zero-order valence-corrected chi connectivity index (χ0v) is 14.0. The lowest BCUT2D eigenvalue weighted by Crippen LogP contribution is -2.50. The number of nitrogens with one attached hydrogen (secondary N) is 1. The van der Waals surface area contributed by atoms with Gasteiger partial charge < -0.3 is 14.8 Å². The van der Waals surface area contributed by atoms with Crippen molar-refractivity contribution < 1.29 is 14.3 Å². The summed E-state index contributed by atoms with van der Waals surface area (Å²) >= 11 is 0. The van der Waals surface area contributed by atoms with Gasteiger partial charge in [-0.15, -0.1) is 0 Å². The lowest BCUT2D eigenvalue weighted by Gasteiger charge is -2.28. The summed E-state index contributed by atoms with van der Waals surface area (Å²) in [7, 11) is 1.45. The van der Waals surface area contributed by atoms with E-state index < -0.39 is 5.54 Å². The number of hydrogen-bond donors (Lipinski definition) is 1. The number of ether oxygens (including phenoxy) is 2. The Kier molecular flexibility index (Phi) is 10.8. The van der Waals surface area contributed by atoms with E-state index in [1.165, 1.54) is 7.11 Å². The van der Waals surface area contributed by atoms with Crippen LogP contribution < -0.4 is 5.32 Å². The molecular formula is C16H33NO3. The highest BCUT2D eigenvalue weighted by Crippen LogP contribution is 2.16. The predicted molar refractivity (Wildman–Crippen MR) is 82.8 cm³/mol. The van der Waals surface area contributed by atoms with Gasteiger partial charge in [0.1, 0.15) is 5.54 Å². The quantitative estimate of drug-likeness (QED) is 0.442. The van der Waals surface area contributed by atoms with E-state index in [-0.39, 0.29) is 5.97 Å². The number of methoxy groups -OCH3 is 1. The van der Waals surface area contributed by atoms with Crippen LogP contribution in [0.5, 0.6) is 0 Å². The number of carbonyl (C=O) groups excluding carboxylic acids is 1. The molecule has 4 heteroatoms. The average Bonchev–Trinajstić information content (AvgIpc) is 2.42. The predicted octanol–water partition coefficient (Wildman–Crippen LogP) is 3.15. The topological polar surface area (TPSA) is 47.6 Å². The van der Waals surface area contributed by atoms with Gasteiger partial charge >= 0.3 is 5.97 Å². The summed E-state index contributed by atoms with van der Waals surface area (Å²) in [5.41, 5.74) is -0.567. The highest BCUT2D eigenvalue weighted by Gasteiger charge is 2.32. The smallest absolute Gasteiger partial charge is 0.325 e. The van der Waals surface area contributed by atoms with Gasteiger partial charge in [0.2, 0.25) is 0 Å². The van der Waals surface area contributed by atoms with E-state index in [1.807, 2.05) is 6.92 Å². The maximum Gasteiger partial charge on any atom is 0.325 e. The van der Waals surface area contributed by atoms with Gasteiger partial charge in [0.05, 0.1) is 7.11 Å². The van der Waals surface area contributed by atoms with Crippen molar-refractivity contribution in [2.24, 2.45) is 5.92 Å². The molecule has 0 aromatic heterocycles. The molecule has 0 bridgehead atoms. The molecule has 0 spiro atoms. The third-order valence-corrected chi connectivity index (χ3v) is 3.46. The van der Waals surface area contributed by atoms with Gasteiger partial charge in [0.25, 0.3) is 0 Å². The highest BCUT2D eigenvalue weighted by molar-refractivity contribution is 5.80. The first kappa shape index (κ1) is 19.4. The van der Waals surface area contributed by atoms with Crippen LogP contribution in [-0.4, -0.2) is 38.4 Å². The number of hydrogen-bond acceptors (Lipinski definition) is 4. The molecule has 0 radical (unpaired) electrons. The van der Waals surface area contributed by atoms with Gasteiger partial charge in [-0.05, 0) is 51.5 Å². The van der Waals surface area contributed by atoms with Gasteiger partial charge in [-0.1, -0.05) is 20.8 Å². The Labute approximate surface area is 124 Å². The second-order valence-electron chi connectivity index (χ2n) is 6.00.